The Morgan fingerprint density at radius 1 is 0.885 bits per heavy atom. The molecule has 0 radical (unpaired) electrons. The number of carbonyl (C=O) groups is 3. The standard InChI is InChI=1S/C34H45ClN2O15/c1-16(35)11-9-7-5-4-6-8-10-12-19(38)23-25(43)18(13-22(36)41)37(31(23)46)32-29(26(44)20(39)14-48-32)52-33-27(45)28(21(40)15-49-33)51-34-30(47-3)24(42)17(2)50-34/h4-12,17-18,20-21,24,26-30,32-34,38-40,42,44-45H,13-15H2,1-3H3,(H2,36,41)/b5-4+,8-6+,9-7+,12-10+,16-11-,23-19-/t17-,18-,20+,21+,24-,26-,27-,28+,29+,30+,32+,33-,34+/m0/s1. The molecule has 8 N–H and O–H groups in total. The molecular formula is C34H45ClN2O15. The lowest BCUT2D eigenvalue weighted by Crippen LogP contribution is -2.65. The van der Waals surface area contributed by atoms with Crippen LogP contribution in [0, 0.1) is 0 Å². The number of hydrogen-bond acceptors (Lipinski definition) is 15. The molecule has 4 saturated heterocycles. The number of rotatable bonds is 13. The molecule has 4 heterocycles. The zero-order valence-corrected chi connectivity index (χ0v) is 29.3. The number of carbonyl (C=O) groups excluding carboxylic acids is 3. The molecule has 0 spiro atoms. The highest BCUT2D eigenvalue weighted by Gasteiger charge is 2.56. The van der Waals surface area contributed by atoms with Crippen LogP contribution in [0.5, 0.6) is 0 Å². The number of aliphatic hydroxyl groups is 6. The second-order valence-corrected chi connectivity index (χ2v) is 13.0. The first-order chi connectivity index (χ1) is 24.7. The predicted molar refractivity (Wildman–Crippen MR) is 180 cm³/mol. The van der Waals surface area contributed by atoms with Crippen molar-refractivity contribution in [2.75, 3.05) is 20.3 Å². The van der Waals surface area contributed by atoms with Crippen molar-refractivity contribution >= 4 is 29.2 Å². The van der Waals surface area contributed by atoms with Crippen LogP contribution in [0.4, 0.5) is 0 Å². The molecule has 4 rings (SSSR count). The number of aliphatic hydroxyl groups excluding tert-OH is 6. The molecule has 4 aliphatic heterocycles. The van der Waals surface area contributed by atoms with E-state index in [0.717, 1.165) is 11.0 Å². The van der Waals surface area contributed by atoms with Crippen LogP contribution in [0.3, 0.4) is 0 Å². The van der Waals surface area contributed by atoms with Gasteiger partial charge in [-0.05, 0) is 26.0 Å². The fourth-order valence-corrected chi connectivity index (χ4v) is 6.08. The maximum Gasteiger partial charge on any atom is 0.264 e. The van der Waals surface area contributed by atoms with Crippen molar-refractivity contribution < 1.29 is 73.4 Å². The number of hydrogen-bond donors (Lipinski definition) is 7. The van der Waals surface area contributed by atoms with Crippen LogP contribution in [-0.4, -0.2) is 153 Å². The minimum Gasteiger partial charge on any atom is -0.507 e. The highest BCUT2D eigenvalue weighted by molar-refractivity contribution is 6.29. The molecule has 0 bridgehead atoms. The van der Waals surface area contributed by atoms with Gasteiger partial charge in [0, 0.05) is 12.1 Å². The van der Waals surface area contributed by atoms with E-state index in [1.54, 1.807) is 50.3 Å². The van der Waals surface area contributed by atoms with E-state index in [1.165, 1.54) is 19.3 Å². The van der Waals surface area contributed by atoms with Gasteiger partial charge in [-0.2, -0.15) is 0 Å². The van der Waals surface area contributed by atoms with Gasteiger partial charge in [-0.3, -0.25) is 19.3 Å². The first-order valence-corrected chi connectivity index (χ1v) is 16.8. The second-order valence-electron chi connectivity index (χ2n) is 12.4. The third-order valence-corrected chi connectivity index (χ3v) is 8.80. The molecule has 4 aliphatic rings. The zero-order valence-electron chi connectivity index (χ0n) is 28.6. The Hall–Kier alpha value is -3.30. The van der Waals surface area contributed by atoms with E-state index in [4.69, 9.17) is 45.8 Å². The molecule has 0 saturated carbocycles. The number of nitrogens with two attached hydrogens (primary N) is 1. The van der Waals surface area contributed by atoms with E-state index in [2.05, 4.69) is 0 Å². The van der Waals surface area contributed by atoms with Crippen LogP contribution in [0.15, 0.2) is 71.0 Å². The summed E-state index contributed by atoms with van der Waals surface area (Å²) in [6.07, 6.45) is -3.76. The normalized spacial score (nSPS) is 38.9. The molecule has 4 fully saturated rings. The third-order valence-electron chi connectivity index (χ3n) is 8.67. The summed E-state index contributed by atoms with van der Waals surface area (Å²) < 4.78 is 33.7. The minimum atomic E-state index is -1.81. The molecule has 288 valence electrons. The average Bonchev–Trinajstić information content (AvgIpc) is 3.49. The van der Waals surface area contributed by atoms with Crippen molar-refractivity contribution in [3.8, 4) is 0 Å². The Morgan fingerprint density at radius 2 is 1.50 bits per heavy atom. The van der Waals surface area contributed by atoms with Gasteiger partial charge in [0.1, 0.15) is 66.2 Å². The van der Waals surface area contributed by atoms with Crippen LogP contribution < -0.4 is 5.73 Å². The molecule has 52 heavy (non-hydrogen) atoms. The number of Topliss-reactive ketones (excluding diaryl/α,β-unsaturated/α-hetero) is 1. The van der Waals surface area contributed by atoms with Gasteiger partial charge in [-0.25, -0.2) is 0 Å². The Balaban J connectivity index is 1.57. The second kappa shape index (κ2) is 18.6. The van der Waals surface area contributed by atoms with Gasteiger partial charge < -0.3 is 64.8 Å². The number of primary amides is 1. The number of ketones is 1. The van der Waals surface area contributed by atoms with Crippen molar-refractivity contribution in [1.82, 2.24) is 4.90 Å². The summed E-state index contributed by atoms with van der Waals surface area (Å²) in [6.45, 7) is 2.29. The Labute approximate surface area is 304 Å². The number of methoxy groups -OCH3 is 1. The van der Waals surface area contributed by atoms with Crippen LogP contribution in [-0.2, 0) is 42.8 Å². The summed E-state index contributed by atoms with van der Waals surface area (Å²) in [5.41, 5.74) is 4.71. The number of nitrogens with zero attached hydrogens (tertiary/aromatic N) is 1. The van der Waals surface area contributed by atoms with Gasteiger partial charge in [0.05, 0.1) is 25.7 Å². The number of halogens is 1. The number of ether oxygens (including phenoxy) is 6. The van der Waals surface area contributed by atoms with Gasteiger partial charge in [0.15, 0.2) is 24.6 Å². The molecule has 0 unspecified atom stereocenters. The van der Waals surface area contributed by atoms with E-state index in [-0.39, 0.29) is 0 Å². The quantitative estimate of drug-likeness (QED) is 0.0508. The summed E-state index contributed by atoms with van der Waals surface area (Å²) in [5, 5.41) is 65.1. The molecule has 0 aromatic rings. The SMILES string of the molecule is CO[C@H]1[C@@H](O[C@H]2[C@H](O)[C@H](O[C@@H]3[C@@H](O)[C@H](O)CO[C@H]3N3C(=O)/C(=C(O)/C=C/C=C/C=C/C=C/C=C(/C)Cl)C(=O)[C@@H]3CC(N)=O)OC[C@H]2O)O[C@@H](C)[C@@H]1O. The lowest BCUT2D eigenvalue weighted by molar-refractivity contribution is -0.341. The number of allylic oxidation sites excluding steroid dienone is 10. The summed E-state index contributed by atoms with van der Waals surface area (Å²) in [6, 6.07) is -1.61. The largest absolute Gasteiger partial charge is 0.507 e. The van der Waals surface area contributed by atoms with Crippen molar-refractivity contribution in [3.05, 3.63) is 71.0 Å². The predicted octanol–water partition coefficient (Wildman–Crippen LogP) is -1.13. The van der Waals surface area contributed by atoms with E-state index in [1.807, 2.05) is 0 Å². The summed E-state index contributed by atoms with van der Waals surface area (Å²) in [4.78, 5) is 40.2. The molecule has 17 nitrogen and oxygen atoms in total. The van der Waals surface area contributed by atoms with Gasteiger partial charge in [-0.1, -0.05) is 54.1 Å². The third kappa shape index (κ3) is 9.62. The number of amides is 2. The lowest BCUT2D eigenvalue weighted by atomic mass is 10.0. The maximum atomic E-state index is 13.8. The smallest absolute Gasteiger partial charge is 0.264 e. The fraction of sp³-hybridized carbons (Fsp3) is 0.559. The first-order valence-electron chi connectivity index (χ1n) is 16.4. The highest BCUT2D eigenvalue weighted by atomic mass is 35.5. The van der Waals surface area contributed by atoms with E-state index >= 15 is 0 Å². The summed E-state index contributed by atoms with van der Waals surface area (Å²) >= 11 is 5.75. The monoisotopic (exact) mass is 756 g/mol. The van der Waals surface area contributed by atoms with E-state index < -0.39 is 128 Å². The molecule has 0 aliphatic carbocycles. The van der Waals surface area contributed by atoms with Gasteiger partial charge in [0.25, 0.3) is 5.91 Å². The van der Waals surface area contributed by atoms with Gasteiger partial charge in [-0.15, -0.1) is 0 Å². The molecule has 0 aromatic carbocycles. The van der Waals surface area contributed by atoms with Crippen molar-refractivity contribution in [2.24, 2.45) is 5.73 Å². The molecular weight excluding hydrogens is 712 g/mol. The Bertz CT molecular complexity index is 1480. The Morgan fingerprint density at radius 3 is 2.13 bits per heavy atom. The summed E-state index contributed by atoms with van der Waals surface area (Å²) in [7, 11) is 1.32. The Kier molecular flexibility index (Phi) is 14.9. The van der Waals surface area contributed by atoms with Crippen molar-refractivity contribution in [3.63, 3.8) is 0 Å². The topological polar surface area (TPSA) is 257 Å². The van der Waals surface area contributed by atoms with Gasteiger partial charge in [0.2, 0.25) is 5.91 Å². The van der Waals surface area contributed by atoms with Crippen LogP contribution in [0.2, 0.25) is 0 Å². The molecule has 13 atom stereocenters. The van der Waals surface area contributed by atoms with E-state index in [0.29, 0.717) is 5.03 Å². The maximum absolute atomic E-state index is 13.8. The highest BCUT2D eigenvalue weighted by Crippen LogP contribution is 2.35. The first kappa shape index (κ1) is 41.5. The molecule has 2 amide bonds. The summed E-state index contributed by atoms with van der Waals surface area (Å²) in [5.74, 6) is -3.79. The van der Waals surface area contributed by atoms with Gasteiger partial charge >= 0.3 is 0 Å². The fourth-order valence-electron chi connectivity index (χ4n) is 6.01. The molecule has 0 aromatic heterocycles. The number of likely N-dealkylation sites (tertiary alicyclic amines) is 1. The van der Waals surface area contributed by atoms with Crippen molar-refractivity contribution in [1.29, 1.82) is 0 Å². The molecule has 18 heteroatoms. The zero-order chi connectivity index (χ0) is 38.3. The lowest BCUT2D eigenvalue weighted by Gasteiger charge is -2.46. The minimum absolute atomic E-state index is 0.462. The van der Waals surface area contributed by atoms with Crippen LogP contribution >= 0.6 is 11.6 Å². The van der Waals surface area contributed by atoms with Crippen LogP contribution in [0.25, 0.3) is 0 Å². The van der Waals surface area contributed by atoms with Crippen molar-refractivity contribution in [2.45, 2.75) is 100 Å². The van der Waals surface area contributed by atoms with Crippen LogP contribution in [0.1, 0.15) is 20.3 Å². The average molecular weight is 757 g/mol. The van der Waals surface area contributed by atoms with E-state index in [9.17, 15) is 45.0 Å².